The zero-order chi connectivity index (χ0) is 13.6. The topological polar surface area (TPSA) is 72.9 Å². The molecule has 1 aliphatic rings. The smallest absolute Gasteiger partial charge is 0.215 e. The van der Waals surface area contributed by atoms with Crippen molar-refractivity contribution >= 4 is 10.0 Å². The number of nitrogens with zero attached hydrogens (tertiary/aromatic N) is 2. The lowest BCUT2D eigenvalue weighted by Gasteiger charge is -2.29. The molecule has 0 aromatic heterocycles. The van der Waals surface area contributed by atoms with Gasteiger partial charge in [0.2, 0.25) is 10.0 Å². The summed E-state index contributed by atoms with van der Waals surface area (Å²) >= 11 is 0. The average Bonchev–Trinajstić information content (AvgIpc) is 2.34. The lowest BCUT2D eigenvalue weighted by Crippen LogP contribution is -2.47. The van der Waals surface area contributed by atoms with Gasteiger partial charge in [-0.15, -0.1) is 0 Å². The summed E-state index contributed by atoms with van der Waals surface area (Å²) in [5, 5.41) is 12.2. The Kier molecular flexibility index (Phi) is 6.51. The van der Waals surface area contributed by atoms with E-state index in [0.717, 1.165) is 26.2 Å². The summed E-state index contributed by atoms with van der Waals surface area (Å²) in [5.74, 6) is 0.130. The first kappa shape index (κ1) is 15.8. The normalized spacial score (nSPS) is 18.7. The van der Waals surface area contributed by atoms with Gasteiger partial charge in [-0.05, 0) is 13.8 Å². The Hall–Kier alpha value is -0.210. The minimum Gasteiger partial charge on any atom is -0.395 e. The van der Waals surface area contributed by atoms with Crippen LogP contribution in [-0.2, 0) is 10.0 Å². The Labute approximate surface area is 110 Å². The van der Waals surface area contributed by atoms with Gasteiger partial charge in [-0.25, -0.2) is 8.42 Å². The van der Waals surface area contributed by atoms with Crippen molar-refractivity contribution in [1.82, 2.24) is 14.5 Å². The van der Waals surface area contributed by atoms with E-state index in [1.54, 1.807) is 0 Å². The Balaban J connectivity index is 2.50. The van der Waals surface area contributed by atoms with Gasteiger partial charge in [-0.2, -0.15) is 4.31 Å². The summed E-state index contributed by atoms with van der Waals surface area (Å²) in [6.07, 6.45) is 0. The molecule has 0 aromatic rings. The van der Waals surface area contributed by atoms with Gasteiger partial charge in [-0.3, -0.25) is 4.90 Å². The molecule has 1 heterocycles. The molecule has 0 saturated carbocycles. The molecule has 0 aliphatic carbocycles. The molecule has 0 spiro atoms. The maximum Gasteiger partial charge on any atom is 0.215 e. The van der Waals surface area contributed by atoms with Crippen molar-refractivity contribution in [2.45, 2.75) is 19.9 Å². The van der Waals surface area contributed by atoms with E-state index in [2.05, 4.69) is 10.2 Å². The van der Waals surface area contributed by atoms with E-state index >= 15 is 0 Å². The number of nitrogens with one attached hydrogen (secondary N) is 1. The molecule has 0 aromatic carbocycles. The summed E-state index contributed by atoms with van der Waals surface area (Å²) in [5.41, 5.74) is 0. The average molecular weight is 279 g/mol. The zero-order valence-electron chi connectivity index (χ0n) is 11.3. The highest BCUT2D eigenvalue weighted by Gasteiger charge is 2.25. The Morgan fingerprint density at radius 2 is 1.94 bits per heavy atom. The van der Waals surface area contributed by atoms with Crippen LogP contribution in [0, 0.1) is 0 Å². The second-order valence-corrected chi connectivity index (χ2v) is 6.88. The van der Waals surface area contributed by atoms with Crippen molar-refractivity contribution in [2.75, 3.05) is 51.6 Å². The van der Waals surface area contributed by atoms with Gasteiger partial charge in [0.1, 0.15) is 0 Å². The van der Waals surface area contributed by atoms with E-state index in [1.807, 2.05) is 13.8 Å². The lowest BCUT2D eigenvalue weighted by molar-refractivity contribution is 0.232. The predicted octanol–water partition coefficient (Wildman–Crippen LogP) is -1.08. The van der Waals surface area contributed by atoms with Crippen molar-refractivity contribution in [3.05, 3.63) is 0 Å². The third-order valence-electron chi connectivity index (χ3n) is 3.13. The van der Waals surface area contributed by atoms with Crippen molar-refractivity contribution in [3.63, 3.8) is 0 Å². The first-order chi connectivity index (χ1) is 8.47. The van der Waals surface area contributed by atoms with Crippen LogP contribution in [0.1, 0.15) is 13.8 Å². The molecule has 1 rings (SSSR count). The van der Waals surface area contributed by atoms with E-state index in [0.29, 0.717) is 6.54 Å². The summed E-state index contributed by atoms with van der Waals surface area (Å²) in [4.78, 5) is 2.16. The third-order valence-corrected chi connectivity index (χ3v) is 5.15. The first-order valence-electron chi connectivity index (χ1n) is 6.51. The monoisotopic (exact) mass is 279 g/mol. The molecule has 108 valence electrons. The van der Waals surface area contributed by atoms with Crippen LogP contribution in [0.2, 0.25) is 0 Å². The molecule has 2 N–H and O–H groups in total. The van der Waals surface area contributed by atoms with E-state index in [9.17, 15) is 8.42 Å². The third kappa shape index (κ3) is 4.81. The minimum atomic E-state index is -3.27. The minimum absolute atomic E-state index is 0.106. The molecule has 0 radical (unpaired) electrons. The molecule has 0 amide bonds. The van der Waals surface area contributed by atoms with Crippen LogP contribution in [0.4, 0.5) is 0 Å². The Morgan fingerprint density at radius 1 is 1.33 bits per heavy atom. The van der Waals surface area contributed by atoms with Crippen LogP contribution in [0.3, 0.4) is 0 Å². The predicted molar refractivity (Wildman–Crippen MR) is 72.0 cm³/mol. The van der Waals surface area contributed by atoms with Gasteiger partial charge >= 0.3 is 0 Å². The van der Waals surface area contributed by atoms with Crippen LogP contribution in [0.25, 0.3) is 0 Å². The fourth-order valence-electron chi connectivity index (χ4n) is 2.11. The summed E-state index contributed by atoms with van der Waals surface area (Å²) < 4.78 is 25.7. The molecule has 1 aliphatic heterocycles. The van der Waals surface area contributed by atoms with E-state index < -0.39 is 10.0 Å². The number of aliphatic hydroxyl groups is 1. The molecular formula is C11H25N3O3S. The SMILES string of the molecule is CC(C)N(CCO)S(=O)(=O)CCN1CCNCC1. The number of sulfonamides is 1. The molecule has 18 heavy (non-hydrogen) atoms. The zero-order valence-corrected chi connectivity index (χ0v) is 12.1. The van der Waals surface area contributed by atoms with Gasteiger partial charge < -0.3 is 10.4 Å². The van der Waals surface area contributed by atoms with E-state index in [-0.39, 0.29) is 24.9 Å². The molecule has 0 atom stereocenters. The highest BCUT2D eigenvalue weighted by Crippen LogP contribution is 2.08. The van der Waals surface area contributed by atoms with Crippen LogP contribution < -0.4 is 5.32 Å². The van der Waals surface area contributed by atoms with Gasteiger partial charge in [0.25, 0.3) is 0 Å². The summed E-state index contributed by atoms with van der Waals surface area (Å²) in [6, 6.07) is -0.106. The summed E-state index contributed by atoms with van der Waals surface area (Å²) in [6.45, 7) is 7.92. The van der Waals surface area contributed by atoms with Gasteiger partial charge in [0.05, 0.1) is 12.4 Å². The van der Waals surface area contributed by atoms with Crippen molar-refractivity contribution in [2.24, 2.45) is 0 Å². The number of hydrogen-bond donors (Lipinski definition) is 2. The van der Waals surface area contributed by atoms with Crippen LogP contribution in [-0.4, -0.2) is 80.4 Å². The second-order valence-electron chi connectivity index (χ2n) is 4.84. The fraction of sp³-hybridized carbons (Fsp3) is 1.00. The largest absolute Gasteiger partial charge is 0.395 e. The molecule has 1 fully saturated rings. The van der Waals surface area contributed by atoms with Gasteiger partial charge in [0, 0.05) is 45.3 Å². The Morgan fingerprint density at radius 3 is 2.44 bits per heavy atom. The molecule has 7 heteroatoms. The quantitative estimate of drug-likeness (QED) is 0.620. The molecule has 0 unspecified atom stereocenters. The highest BCUT2D eigenvalue weighted by atomic mass is 32.2. The molecular weight excluding hydrogens is 254 g/mol. The van der Waals surface area contributed by atoms with Crippen LogP contribution >= 0.6 is 0 Å². The summed E-state index contributed by atoms with van der Waals surface area (Å²) in [7, 11) is -3.27. The van der Waals surface area contributed by atoms with Crippen LogP contribution in [0.5, 0.6) is 0 Å². The molecule has 1 saturated heterocycles. The van der Waals surface area contributed by atoms with Gasteiger partial charge in [-0.1, -0.05) is 0 Å². The van der Waals surface area contributed by atoms with E-state index in [4.69, 9.17) is 5.11 Å². The Bertz CT molecular complexity index is 326. The van der Waals surface area contributed by atoms with Crippen LogP contribution in [0.15, 0.2) is 0 Å². The maximum absolute atomic E-state index is 12.2. The molecule has 6 nitrogen and oxygen atoms in total. The van der Waals surface area contributed by atoms with Crippen molar-refractivity contribution in [3.8, 4) is 0 Å². The van der Waals surface area contributed by atoms with Crippen molar-refractivity contribution in [1.29, 1.82) is 0 Å². The standard InChI is InChI=1S/C11H25N3O3S/c1-11(2)14(7-9-15)18(16,17)10-8-13-5-3-12-4-6-13/h11-12,15H,3-10H2,1-2H3. The maximum atomic E-state index is 12.2. The highest BCUT2D eigenvalue weighted by molar-refractivity contribution is 7.89. The van der Waals surface area contributed by atoms with Gasteiger partial charge in [0.15, 0.2) is 0 Å². The molecule has 0 bridgehead atoms. The van der Waals surface area contributed by atoms with Crippen molar-refractivity contribution < 1.29 is 13.5 Å². The first-order valence-corrected chi connectivity index (χ1v) is 8.11. The number of hydrogen-bond acceptors (Lipinski definition) is 5. The number of piperazine rings is 1. The number of rotatable bonds is 7. The fourth-order valence-corrected chi connectivity index (χ4v) is 3.84. The second kappa shape index (κ2) is 7.40. The lowest BCUT2D eigenvalue weighted by atomic mass is 10.4. The number of aliphatic hydroxyl groups excluding tert-OH is 1. The van der Waals surface area contributed by atoms with E-state index in [1.165, 1.54) is 4.31 Å².